The molecule has 1 fully saturated rings. The van der Waals surface area contributed by atoms with Crippen LogP contribution < -0.4 is 4.89 Å². The summed E-state index contributed by atoms with van der Waals surface area (Å²) in [6, 6.07) is 0. The second-order valence-corrected chi connectivity index (χ2v) is 8.79. The van der Waals surface area contributed by atoms with Crippen molar-refractivity contribution in [2.75, 3.05) is 11.5 Å². The topological polar surface area (TPSA) is 23.1 Å². The van der Waals surface area contributed by atoms with E-state index in [1.165, 1.54) is 11.5 Å². The van der Waals surface area contributed by atoms with E-state index in [-0.39, 0.29) is 0 Å². The SMILES string of the molecule is CC(C)(C)C1CSC([PH2+][O-])SC1. The van der Waals surface area contributed by atoms with Crippen LogP contribution in [0.1, 0.15) is 20.8 Å². The first-order valence-corrected chi connectivity index (χ1v) is 7.46. The molecule has 1 nitrogen and oxygen atoms in total. The van der Waals surface area contributed by atoms with Gasteiger partial charge in [-0.25, -0.2) is 0 Å². The number of rotatable bonds is 1. The molecule has 1 unspecified atom stereocenters. The number of hydrogen-bond donors (Lipinski definition) is 0. The molecule has 0 bridgehead atoms. The van der Waals surface area contributed by atoms with Crippen molar-refractivity contribution >= 4 is 32.3 Å². The van der Waals surface area contributed by atoms with Crippen LogP contribution in [0.25, 0.3) is 0 Å². The fourth-order valence-corrected chi connectivity index (χ4v) is 5.48. The van der Waals surface area contributed by atoms with Gasteiger partial charge in [0.2, 0.25) is 0 Å². The largest absolute Gasteiger partial charge is 0.681 e. The van der Waals surface area contributed by atoms with Gasteiger partial charge in [0, 0.05) is 11.5 Å². The average molecular weight is 224 g/mol. The summed E-state index contributed by atoms with van der Waals surface area (Å²) < 4.78 is 0.406. The zero-order valence-corrected chi connectivity index (χ0v) is 10.7. The van der Waals surface area contributed by atoms with Crippen LogP contribution >= 0.6 is 32.3 Å². The van der Waals surface area contributed by atoms with Crippen LogP contribution in [0.15, 0.2) is 0 Å². The molecular weight excluding hydrogens is 207 g/mol. The van der Waals surface area contributed by atoms with Gasteiger partial charge in [0.25, 0.3) is 0 Å². The molecule has 12 heavy (non-hydrogen) atoms. The van der Waals surface area contributed by atoms with Gasteiger partial charge < -0.3 is 4.89 Å². The Morgan fingerprint density at radius 2 is 1.75 bits per heavy atom. The summed E-state index contributed by atoms with van der Waals surface area (Å²) in [4.78, 5) is 10.7. The Morgan fingerprint density at radius 3 is 2.08 bits per heavy atom. The highest BCUT2D eigenvalue weighted by Crippen LogP contribution is 2.45. The van der Waals surface area contributed by atoms with Crippen LogP contribution in [0.4, 0.5) is 0 Å². The summed E-state index contributed by atoms with van der Waals surface area (Å²) in [6.45, 7) is 6.88. The minimum absolute atomic E-state index is 0.406. The number of hydrogen-bond acceptors (Lipinski definition) is 3. The molecule has 1 saturated heterocycles. The van der Waals surface area contributed by atoms with Crippen molar-refractivity contribution in [3.63, 3.8) is 0 Å². The van der Waals surface area contributed by atoms with Crippen LogP contribution in [-0.4, -0.2) is 15.8 Å². The molecule has 0 aromatic heterocycles. The molecular formula is C8H17OPS2. The summed E-state index contributed by atoms with van der Waals surface area (Å²) in [5, 5.41) is 0. The van der Waals surface area contributed by atoms with Gasteiger partial charge in [-0.05, 0) is 20.1 Å². The molecule has 0 radical (unpaired) electrons. The smallest absolute Gasteiger partial charge is 0.149 e. The minimum Gasteiger partial charge on any atom is -0.681 e. The maximum absolute atomic E-state index is 10.7. The van der Waals surface area contributed by atoms with Crippen LogP contribution in [0.3, 0.4) is 0 Å². The summed E-state index contributed by atoms with van der Waals surface area (Å²) in [7, 11) is -0.583. The molecule has 0 N–H and O–H groups in total. The van der Waals surface area contributed by atoms with E-state index in [2.05, 4.69) is 20.8 Å². The third-order valence-electron chi connectivity index (χ3n) is 2.26. The lowest BCUT2D eigenvalue weighted by atomic mass is 9.83. The molecule has 72 valence electrons. The third kappa shape index (κ3) is 3.10. The molecule has 1 aliphatic rings. The van der Waals surface area contributed by atoms with Crippen molar-refractivity contribution in [3.8, 4) is 0 Å². The van der Waals surface area contributed by atoms with E-state index in [0.29, 0.717) is 9.74 Å². The van der Waals surface area contributed by atoms with Crippen molar-refractivity contribution in [1.82, 2.24) is 0 Å². The predicted molar refractivity (Wildman–Crippen MR) is 61.4 cm³/mol. The first-order valence-electron chi connectivity index (χ1n) is 4.22. The van der Waals surface area contributed by atoms with E-state index in [1.807, 2.05) is 23.5 Å². The summed E-state index contributed by atoms with van der Waals surface area (Å²) in [6.07, 6.45) is 0. The number of thioether (sulfide) groups is 2. The van der Waals surface area contributed by atoms with Gasteiger partial charge in [0.05, 0.1) is 0 Å². The van der Waals surface area contributed by atoms with Crippen LogP contribution in [0.2, 0.25) is 0 Å². The quantitative estimate of drug-likeness (QED) is 0.637. The minimum atomic E-state index is -0.583. The predicted octanol–water partition coefficient (Wildman–Crippen LogP) is 2.10. The fourth-order valence-electron chi connectivity index (χ4n) is 1.10. The van der Waals surface area contributed by atoms with Gasteiger partial charge in [0.15, 0.2) is 0 Å². The maximum Gasteiger partial charge on any atom is 0.149 e. The zero-order valence-electron chi connectivity index (χ0n) is 7.87. The lowest BCUT2D eigenvalue weighted by Gasteiger charge is -2.34. The van der Waals surface area contributed by atoms with Crippen LogP contribution in [-0.2, 0) is 0 Å². The lowest BCUT2D eigenvalue weighted by molar-refractivity contribution is -0.149. The lowest BCUT2D eigenvalue weighted by Crippen LogP contribution is -2.28. The Kier molecular flexibility index (Phi) is 4.23. The van der Waals surface area contributed by atoms with E-state index in [4.69, 9.17) is 0 Å². The Hall–Kier alpha value is 1.09. The Morgan fingerprint density at radius 1 is 1.25 bits per heavy atom. The van der Waals surface area contributed by atoms with E-state index in [1.54, 1.807) is 0 Å². The zero-order chi connectivity index (χ0) is 9.19. The molecule has 1 atom stereocenters. The average Bonchev–Trinajstić information content (AvgIpc) is 2.03. The molecule has 1 rings (SSSR count). The summed E-state index contributed by atoms with van der Waals surface area (Å²) in [5.74, 6) is 3.17. The Bertz CT molecular complexity index is 138. The van der Waals surface area contributed by atoms with Crippen molar-refractivity contribution in [1.29, 1.82) is 0 Å². The van der Waals surface area contributed by atoms with Gasteiger partial charge in [-0.15, -0.1) is 23.5 Å². The molecule has 0 aromatic rings. The molecule has 1 heterocycles. The molecule has 0 amide bonds. The molecule has 1 aliphatic heterocycles. The highest BCUT2D eigenvalue weighted by Gasteiger charge is 2.30. The van der Waals surface area contributed by atoms with Crippen molar-refractivity contribution in [2.45, 2.75) is 25.1 Å². The summed E-state index contributed by atoms with van der Waals surface area (Å²) >= 11 is 3.77. The van der Waals surface area contributed by atoms with Crippen LogP contribution in [0, 0.1) is 11.3 Å². The maximum atomic E-state index is 10.7. The van der Waals surface area contributed by atoms with Crippen molar-refractivity contribution in [3.05, 3.63) is 0 Å². The Labute approximate surface area is 85.3 Å². The van der Waals surface area contributed by atoms with E-state index >= 15 is 0 Å². The molecule has 0 spiro atoms. The van der Waals surface area contributed by atoms with Gasteiger partial charge in [-0.3, -0.25) is 0 Å². The first kappa shape index (κ1) is 11.2. The first-order chi connectivity index (χ1) is 5.54. The normalized spacial score (nSPS) is 33.0. The van der Waals surface area contributed by atoms with Gasteiger partial charge in [-0.2, -0.15) is 0 Å². The molecule has 0 aliphatic carbocycles. The molecule has 0 aromatic carbocycles. The second kappa shape index (κ2) is 4.54. The fraction of sp³-hybridized carbons (Fsp3) is 1.00. The van der Waals surface area contributed by atoms with E-state index in [0.717, 1.165) is 5.92 Å². The van der Waals surface area contributed by atoms with Crippen molar-refractivity contribution in [2.24, 2.45) is 11.3 Å². The Balaban J connectivity index is 2.36. The highest BCUT2D eigenvalue weighted by molar-refractivity contribution is 8.22. The summed E-state index contributed by atoms with van der Waals surface area (Å²) in [5.41, 5.74) is 0.420. The van der Waals surface area contributed by atoms with E-state index < -0.39 is 8.81 Å². The monoisotopic (exact) mass is 224 g/mol. The van der Waals surface area contributed by atoms with E-state index in [9.17, 15) is 4.89 Å². The van der Waals surface area contributed by atoms with Gasteiger partial charge in [0.1, 0.15) is 4.32 Å². The second-order valence-electron chi connectivity index (χ2n) is 4.23. The molecule has 4 heteroatoms. The van der Waals surface area contributed by atoms with Gasteiger partial charge in [-0.1, -0.05) is 20.8 Å². The van der Waals surface area contributed by atoms with Crippen molar-refractivity contribution < 1.29 is 4.89 Å². The van der Waals surface area contributed by atoms with Gasteiger partial charge >= 0.3 is 0 Å². The molecule has 0 saturated carbocycles. The highest BCUT2D eigenvalue weighted by atomic mass is 32.2. The van der Waals surface area contributed by atoms with Crippen LogP contribution in [0.5, 0.6) is 0 Å². The third-order valence-corrected chi connectivity index (χ3v) is 6.97. The standard InChI is InChI=1S/C8H17OPS2/c1-8(2,3)6-4-11-7(10-9)12-5-6/h6-7H,4-5,10H2,1-3H3.